The number of rotatable bonds is 2. The minimum Gasteiger partial charge on any atom is -1.00 e. The molecule has 0 unspecified atom stereocenters. The van der Waals surface area contributed by atoms with Gasteiger partial charge < -0.3 is 17.5 Å². The van der Waals surface area contributed by atoms with Crippen molar-refractivity contribution in [2.75, 3.05) is 12.4 Å². The fourth-order valence-corrected chi connectivity index (χ4v) is 0.346. The molecule has 0 atom stereocenters. The van der Waals surface area contributed by atoms with Gasteiger partial charge in [-0.15, -0.1) is 0 Å². The molecule has 0 aliphatic heterocycles. The van der Waals surface area contributed by atoms with Crippen LogP contribution in [-0.4, -0.2) is 30.4 Å². The molecule has 0 amide bonds. The summed E-state index contributed by atoms with van der Waals surface area (Å²) in [5.41, 5.74) is 0. The molecule has 9 heavy (non-hydrogen) atoms. The normalized spacial score (nSPS) is 9.11. The fourth-order valence-electron chi connectivity index (χ4n) is 0.115. The molecule has 0 saturated heterocycles. The van der Waals surface area contributed by atoms with Crippen LogP contribution in [0, 0.1) is 0 Å². The quantitative estimate of drug-likeness (QED) is 0.330. The molecule has 0 spiro atoms. The molecular formula is C2H6ClNaO4S. The Balaban J connectivity index is -0.000000180. The molecular weight excluding hydrogens is 179 g/mol. The van der Waals surface area contributed by atoms with Gasteiger partial charge in [0, 0.05) is 0 Å². The first-order valence-electron chi connectivity index (χ1n) is 1.62. The molecule has 0 bridgehead atoms. The molecule has 0 aliphatic carbocycles. The predicted molar refractivity (Wildman–Crippen MR) is 23.5 cm³/mol. The van der Waals surface area contributed by atoms with Crippen LogP contribution >= 0.6 is 0 Å². The number of aliphatic hydroxyl groups is 1. The van der Waals surface area contributed by atoms with Crippen molar-refractivity contribution in [2.45, 2.75) is 0 Å². The predicted octanol–water partition coefficient (Wildman–Crippen LogP) is -7.13. The van der Waals surface area contributed by atoms with Gasteiger partial charge in [-0.2, -0.15) is 8.42 Å². The third-order valence-electron chi connectivity index (χ3n) is 0.349. The molecule has 2 N–H and O–H groups in total. The van der Waals surface area contributed by atoms with E-state index >= 15 is 0 Å². The molecule has 7 heteroatoms. The summed E-state index contributed by atoms with van der Waals surface area (Å²) >= 11 is 0. The van der Waals surface area contributed by atoms with E-state index < -0.39 is 22.5 Å². The van der Waals surface area contributed by atoms with Crippen LogP contribution in [0.4, 0.5) is 0 Å². The van der Waals surface area contributed by atoms with Crippen molar-refractivity contribution in [1.29, 1.82) is 0 Å². The second-order valence-electron chi connectivity index (χ2n) is 1.01. The molecule has 0 aromatic rings. The molecule has 0 aromatic heterocycles. The average Bonchev–Trinajstić information content (AvgIpc) is 1.30. The zero-order valence-electron chi connectivity index (χ0n) is 4.91. The Labute approximate surface area is 82.1 Å². The molecule has 0 radical (unpaired) electrons. The Hall–Kier alpha value is 1.16. The van der Waals surface area contributed by atoms with Crippen LogP contribution in [0.1, 0.15) is 0 Å². The summed E-state index contributed by atoms with van der Waals surface area (Å²) in [6, 6.07) is 0. The zero-order chi connectivity index (χ0) is 5.91. The summed E-state index contributed by atoms with van der Waals surface area (Å²) in [5, 5.41) is 7.86. The van der Waals surface area contributed by atoms with E-state index in [0.717, 1.165) is 0 Å². The summed E-state index contributed by atoms with van der Waals surface area (Å²) in [6.45, 7) is -0.529. The number of hydrogen-bond donors (Lipinski definition) is 2. The van der Waals surface area contributed by atoms with E-state index in [1.807, 2.05) is 0 Å². The van der Waals surface area contributed by atoms with Gasteiger partial charge in [0.15, 0.2) is 0 Å². The van der Waals surface area contributed by atoms with Gasteiger partial charge in [0.2, 0.25) is 0 Å². The van der Waals surface area contributed by atoms with E-state index in [9.17, 15) is 8.42 Å². The Morgan fingerprint density at radius 3 is 1.67 bits per heavy atom. The standard InChI is InChI=1S/C2H6O4S.ClH.Na/c3-1-2-7(4,5)6;;/h3H,1-2H2,(H,4,5,6);1H;/q;;+1/p-1. The van der Waals surface area contributed by atoms with E-state index in [2.05, 4.69) is 0 Å². The second kappa shape index (κ2) is 7.27. The van der Waals surface area contributed by atoms with Gasteiger partial charge in [0.25, 0.3) is 10.1 Å². The fraction of sp³-hybridized carbons (Fsp3) is 1.00. The molecule has 0 heterocycles. The summed E-state index contributed by atoms with van der Waals surface area (Å²) < 4.78 is 27.1. The van der Waals surface area contributed by atoms with Crippen molar-refractivity contribution in [1.82, 2.24) is 0 Å². The molecule has 4 nitrogen and oxygen atoms in total. The second-order valence-corrected chi connectivity index (χ2v) is 2.58. The number of halogens is 1. The SMILES string of the molecule is O=S(=O)(O)CCO.[Cl-].[Na+]. The van der Waals surface area contributed by atoms with Gasteiger partial charge in [-0.25, -0.2) is 0 Å². The monoisotopic (exact) mass is 184 g/mol. The van der Waals surface area contributed by atoms with Gasteiger partial charge >= 0.3 is 29.6 Å². The Morgan fingerprint density at radius 2 is 1.67 bits per heavy atom. The minimum absolute atomic E-state index is 0. The largest absolute Gasteiger partial charge is 1.00 e. The van der Waals surface area contributed by atoms with E-state index in [-0.39, 0.29) is 42.0 Å². The van der Waals surface area contributed by atoms with Crippen molar-refractivity contribution >= 4 is 10.1 Å². The van der Waals surface area contributed by atoms with Crippen LogP contribution < -0.4 is 42.0 Å². The van der Waals surface area contributed by atoms with Crippen molar-refractivity contribution in [3.63, 3.8) is 0 Å². The molecule has 0 rings (SSSR count). The Morgan fingerprint density at radius 1 is 1.33 bits per heavy atom. The topological polar surface area (TPSA) is 74.6 Å². The maximum atomic E-state index is 9.63. The van der Waals surface area contributed by atoms with Crippen molar-refractivity contribution < 1.29 is 60.0 Å². The third kappa shape index (κ3) is 17.6. The van der Waals surface area contributed by atoms with Gasteiger partial charge in [0.1, 0.15) is 0 Å². The van der Waals surface area contributed by atoms with Crippen LogP contribution in [-0.2, 0) is 10.1 Å². The van der Waals surface area contributed by atoms with Crippen molar-refractivity contribution in [3.8, 4) is 0 Å². The first-order valence-corrected chi connectivity index (χ1v) is 3.23. The zero-order valence-corrected chi connectivity index (χ0v) is 8.48. The van der Waals surface area contributed by atoms with Crippen molar-refractivity contribution in [2.24, 2.45) is 0 Å². The van der Waals surface area contributed by atoms with Crippen LogP contribution in [0.15, 0.2) is 0 Å². The summed E-state index contributed by atoms with van der Waals surface area (Å²) in [7, 11) is -3.92. The van der Waals surface area contributed by atoms with Gasteiger partial charge in [0.05, 0.1) is 12.4 Å². The van der Waals surface area contributed by atoms with Gasteiger partial charge in [-0.1, -0.05) is 0 Å². The van der Waals surface area contributed by atoms with E-state index in [1.165, 1.54) is 0 Å². The number of hydrogen-bond acceptors (Lipinski definition) is 3. The van der Waals surface area contributed by atoms with Crippen LogP contribution in [0.25, 0.3) is 0 Å². The Bertz CT molecular complexity index is 132. The summed E-state index contributed by atoms with van der Waals surface area (Å²) in [6.07, 6.45) is 0. The molecule has 0 saturated carbocycles. The van der Waals surface area contributed by atoms with Gasteiger partial charge in [-0.3, -0.25) is 4.55 Å². The van der Waals surface area contributed by atoms with Gasteiger partial charge in [-0.05, 0) is 0 Å². The minimum atomic E-state index is -3.92. The van der Waals surface area contributed by atoms with Crippen LogP contribution in [0.3, 0.4) is 0 Å². The van der Waals surface area contributed by atoms with Crippen LogP contribution in [0.2, 0.25) is 0 Å². The van der Waals surface area contributed by atoms with Crippen LogP contribution in [0.5, 0.6) is 0 Å². The summed E-state index contributed by atoms with van der Waals surface area (Å²) in [5.74, 6) is -0.576. The molecule has 52 valence electrons. The van der Waals surface area contributed by atoms with E-state index in [1.54, 1.807) is 0 Å². The third-order valence-corrected chi connectivity index (χ3v) is 1.05. The van der Waals surface area contributed by atoms with E-state index in [4.69, 9.17) is 9.66 Å². The maximum absolute atomic E-state index is 9.63. The summed E-state index contributed by atoms with van der Waals surface area (Å²) in [4.78, 5) is 0. The van der Waals surface area contributed by atoms with E-state index in [0.29, 0.717) is 0 Å². The smallest absolute Gasteiger partial charge is 1.00 e. The maximum Gasteiger partial charge on any atom is 1.00 e. The first-order chi connectivity index (χ1) is 3.06. The van der Waals surface area contributed by atoms with Crippen molar-refractivity contribution in [3.05, 3.63) is 0 Å². The number of aliphatic hydroxyl groups excluding tert-OH is 1. The Kier molecular flexibility index (Phi) is 13.4. The average molecular weight is 185 g/mol. The molecule has 0 fully saturated rings. The first kappa shape index (κ1) is 16.6. The molecule has 0 aromatic carbocycles. The molecule has 0 aliphatic rings.